The third-order valence-electron chi connectivity index (χ3n) is 4.17. The Balaban J connectivity index is 3.02. The molecule has 0 aromatic heterocycles. The van der Waals surface area contributed by atoms with Gasteiger partial charge in [0.05, 0.1) is 139 Å². The van der Waals surface area contributed by atoms with Crippen molar-refractivity contribution < 1.29 is 66.4 Å². The summed E-state index contributed by atoms with van der Waals surface area (Å²) in [7, 11) is 0. The summed E-state index contributed by atoms with van der Waals surface area (Å²) in [5, 5.41) is 8.40. The average Bonchev–Trinajstić information content (AvgIpc) is 2.91. The molecule has 1 N–H and O–H groups in total. The van der Waals surface area contributed by atoms with E-state index in [-0.39, 0.29) is 19.8 Å². The van der Waals surface area contributed by atoms with Gasteiger partial charge in [0.25, 0.3) is 0 Å². The number of aliphatic carboxylic acids is 1. The van der Waals surface area contributed by atoms with Crippen LogP contribution in [0.15, 0.2) is 0 Å². The molecule has 13 nitrogen and oxygen atoms in total. The lowest BCUT2D eigenvalue weighted by molar-refractivity contribution is -0.142. The Morgan fingerprint density at radius 2 is 0.553 bits per heavy atom. The molecule has 228 valence electrons. The summed E-state index contributed by atoms with van der Waals surface area (Å²) in [5.41, 5.74) is 0. The van der Waals surface area contributed by atoms with Crippen LogP contribution in [0.2, 0.25) is 0 Å². The summed E-state index contributed by atoms with van der Waals surface area (Å²) in [6.07, 6.45) is 0. The van der Waals surface area contributed by atoms with Gasteiger partial charge in [0.2, 0.25) is 0 Å². The zero-order valence-electron chi connectivity index (χ0n) is 22.5. The molecule has 0 aromatic carbocycles. The first-order valence-corrected chi connectivity index (χ1v) is 12.9. The fourth-order valence-corrected chi connectivity index (χ4v) is 2.41. The standard InChI is InChI=1S/C24H47FO13/c25-1-2-28-3-4-29-5-6-30-7-8-31-9-10-32-11-12-33-13-14-34-15-16-35-17-18-36-19-20-37-21-22-38-23-24(26)27/h1-23H2,(H,26,27). The van der Waals surface area contributed by atoms with E-state index in [1.165, 1.54) is 0 Å². The number of alkyl halides is 1. The lowest BCUT2D eigenvalue weighted by Gasteiger charge is -2.09. The van der Waals surface area contributed by atoms with Crippen molar-refractivity contribution in [3.05, 3.63) is 0 Å². The summed E-state index contributed by atoms with van der Waals surface area (Å²) in [6, 6.07) is 0. The average molecular weight is 563 g/mol. The minimum atomic E-state index is -0.998. The summed E-state index contributed by atoms with van der Waals surface area (Å²) >= 11 is 0. The lowest BCUT2D eigenvalue weighted by Crippen LogP contribution is -2.15. The molecule has 0 saturated heterocycles. The van der Waals surface area contributed by atoms with E-state index in [0.717, 1.165) is 0 Å². The SMILES string of the molecule is O=C(O)COCCOCCOCCOCCOCCOCCOCCOCCOCCOCCOCCF. The molecular weight excluding hydrogens is 515 g/mol. The zero-order valence-corrected chi connectivity index (χ0v) is 22.5. The molecule has 0 aliphatic rings. The van der Waals surface area contributed by atoms with E-state index in [0.29, 0.717) is 126 Å². The first-order valence-electron chi connectivity index (χ1n) is 12.9. The number of rotatable bonds is 34. The number of hydrogen-bond donors (Lipinski definition) is 1. The molecule has 0 aliphatic carbocycles. The van der Waals surface area contributed by atoms with Crippen molar-refractivity contribution in [3.8, 4) is 0 Å². The number of ether oxygens (including phenoxy) is 11. The molecule has 0 radical (unpaired) electrons. The predicted octanol–water partition coefficient (Wildman–Crippen LogP) is 0.223. The van der Waals surface area contributed by atoms with Crippen LogP contribution in [-0.2, 0) is 56.9 Å². The highest BCUT2D eigenvalue weighted by Gasteiger charge is 1.97. The first kappa shape index (κ1) is 37.0. The second kappa shape index (κ2) is 34.0. The van der Waals surface area contributed by atoms with Crippen molar-refractivity contribution >= 4 is 5.97 Å². The first-order chi connectivity index (χ1) is 18.8. The van der Waals surface area contributed by atoms with Gasteiger partial charge < -0.3 is 57.2 Å². The molecule has 0 rings (SSSR count). The van der Waals surface area contributed by atoms with Crippen molar-refractivity contribution in [3.63, 3.8) is 0 Å². The molecule has 14 heteroatoms. The maximum absolute atomic E-state index is 11.8. The topological polar surface area (TPSA) is 139 Å². The van der Waals surface area contributed by atoms with Crippen LogP contribution in [-0.4, -0.2) is 163 Å². The number of carboxylic acid groups (broad SMARTS) is 1. The van der Waals surface area contributed by atoms with Gasteiger partial charge in [-0.3, -0.25) is 0 Å². The largest absolute Gasteiger partial charge is 0.480 e. The Morgan fingerprint density at radius 1 is 0.368 bits per heavy atom. The van der Waals surface area contributed by atoms with Gasteiger partial charge in [-0.1, -0.05) is 0 Å². The minimum absolute atomic E-state index is 0.108. The van der Waals surface area contributed by atoms with E-state index in [4.69, 9.17) is 57.2 Å². The number of halogens is 1. The molecule has 0 amide bonds. The van der Waals surface area contributed by atoms with Gasteiger partial charge in [0.1, 0.15) is 13.3 Å². The van der Waals surface area contributed by atoms with Gasteiger partial charge >= 0.3 is 5.97 Å². The number of hydrogen-bond acceptors (Lipinski definition) is 12. The monoisotopic (exact) mass is 562 g/mol. The number of carboxylic acids is 1. The molecule has 0 aromatic rings. The maximum Gasteiger partial charge on any atom is 0.329 e. The lowest BCUT2D eigenvalue weighted by atomic mass is 10.6. The summed E-state index contributed by atoms with van der Waals surface area (Å²) in [4.78, 5) is 10.2. The van der Waals surface area contributed by atoms with Gasteiger partial charge in [-0.05, 0) is 0 Å². The smallest absolute Gasteiger partial charge is 0.329 e. The van der Waals surface area contributed by atoms with Crippen LogP contribution >= 0.6 is 0 Å². The van der Waals surface area contributed by atoms with Gasteiger partial charge in [-0.25, -0.2) is 9.18 Å². The third kappa shape index (κ3) is 35.0. The molecule has 0 aliphatic heterocycles. The molecule has 0 unspecified atom stereocenters. The normalized spacial score (nSPS) is 11.4. The van der Waals surface area contributed by atoms with Crippen LogP contribution in [0.1, 0.15) is 0 Å². The zero-order chi connectivity index (χ0) is 27.6. The van der Waals surface area contributed by atoms with Crippen LogP contribution < -0.4 is 0 Å². The van der Waals surface area contributed by atoms with E-state index < -0.39 is 12.6 Å². The van der Waals surface area contributed by atoms with Crippen LogP contribution in [0.3, 0.4) is 0 Å². The van der Waals surface area contributed by atoms with Gasteiger partial charge in [0, 0.05) is 0 Å². The third-order valence-corrected chi connectivity index (χ3v) is 4.17. The highest BCUT2D eigenvalue weighted by molar-refractivity contribution is 5.67. The molecule has 0 spiro atoms. The number of carbonyl (C=O) groups is 1. The van der Waals surface area contributed by atoms with Gasteiger partial charge in [-0.15, -0.1) is 0 Å². The fourth-order valence-electron chi connectivity index (χ4n) is 2.41. The van der Waals surface area contributed by atoms with E-state index in [2.05, 4.69) is 0 Å². The van der Waals surface area contributed by atoms with Crippen LogP contribution in [0.25, 0.3) is 0 Å². The molecule has 0 bridgehead atoms. The Kier molecular flexibility index (Phi) is 33.1. The fraction of sp³-hybridized carbons (Fsp3) is 0.958. The van der Waals surface area contributed by atoms with Crippen molar-refractivity contribution in [2.24, 2.45) is 0 Å². The van der Waals surface area contributed by atoms with Crippen molar-refractivity contribution in [1.29, 1.82) is 0 Å². The van der Waals surface area contributed by atoms with Crippen LogP contribution in [0.5, 0.6) is 0 Å². The maximum atomic E-state index is 11.8. The van der Waals surface area contributed by atoms with E-state index in [9.17, 15) is 9.18 Å². The van der Waals surface area contributed by atoms with Crippen LogP contribution in [0, 0.1) is 0 Å². The molecule has 0 saturated carbocycles. The Hall–Kier alpha value is -1.04. The van der Waals surface area contributed by atoms with Gasteiger partial charge in [-0.2, -0.15) is 0 Å². The Bertz CT molecular complexity index is 463. The highest BCUT2D eigenvalue weighted by atomic mass is 19.1. The van der Waals surface area contributed by atoms with Crippen LogP contribution in [0.4, 0.5) is 4.39 Å². The molecule has 0 atom stereocenters. The quantitative estimate of drug-likeness (QED) is 0.107. The Labute approximate surface area is 225 Å². The second-order valence-corrected chi connectivity index (χ2v) is 7.26. The molecule has 0 heterocycles. The predicted molar refractivity (Wildman–Crippen MR) is 133 cm³/mol. The molecular formula is C24H47FO13. The second-order valence-electron chi connectivity index (χ2n) is 7.26. The van der Waals surface area contributed by atoms with E-state index in [1.807, 2.05) is 0 Å². The summed E-state index contributed by atoms with van der Waals surface area (Å²) in [5.74, 6) is -0.998. The molecule has 0 fully saturated rings. The van der Waals surface area contributed by atoms with Crippen molar-refractivity contribution in [2.45, 2.75) is 0 Å². The molecule has 38 heavy (non-hydrogen) atoms. The van der Waals surface area contributed by atoms with E-state index in [1.54, 1.807) is 0 Å². The highest BCUT2D eigenvalue weighted by Crippen LogP contribution is 1.87. The van der Waals surface area contributed by atoms with Crippen molar-refractivity contribution in [1.82, 2.24) is 0 Å². The van der Waals surface area contributed by atoms with E-state index >= 15 is 0 Å². The summed E-state index contributed by atoms with van der Waals surface area (Å²) < 4.78 is 69.8. The summed E-state index contributed by atoms with van der Waals surface area (Å²) in [6.45, 7) is 8.21. The Morgan fingerprint density at radius 3 is 0.737 bits per heavy atom. The van der Waals surface area contributed by atoms with Gasteiger partial charge in [0.15, 0.2) is 0 Å². The van der Waals surface area contributed by atoms with Crippen molar-refractivity contribution in [2.75, 3.05) is 152 Å². The minimum Gasteiger partial charge on any atom is -0.480 e.